The van der Waals surface area contributed by atoms with E-state index >= 15 is 0 Å². The SMILES string of the molecule is N#CC1CN=C2CCOCC2=C1c1ccc(F)cc1. The van der Waals surface area contributed by atoms with E-state index in [4.69, 9.17) is 4.74 Å². The number of hydrogen-bond acceptors (Lipinski definition) is 3. The van der Waals surface area contributed by atoms with Gasteiger partial charge >= 0.3 is 0 Å². The van der Waals surface area contributed by atoms with Crippen LogP contribution in [0.2, 0.25) is 0 Å². The molecule has 0 amide bonds. The van der Waals surface area contributed by atoms with Gasteiger partial charge in [-0.1, -0.05) is 12.1 Å². The van der Waals surface area contributed by atoms with Crippen molar-refractivity contribution < 1.29 is 9.13 Å². The average molecular weight is 256 g/mol. The van der Waals surface area contributed by atoms with Crippen LogP contribution in [0.5, 0.6) is 0 Å². The van der Waals surface area contributed by atoms with E-state index in [0.717, 1.165) is 28.8 Å². The van der Waals surface area contributed by atoms with Crippen molar-refractivity contribution in [3.8, 4) is 6.07 Å². The van der Waals surface area contributed by atoms with Gasteiger partial charge < -0.3 is 4.74 Å². The fourth-order valence-electron chi connectivity index (χ4n) is 2.60. The Hall–Kier alpha value is -1.99. The topological polar surface area (TPSA) is 45.4 Å². The molecule has 1 saturated heterocycles. The summed E-state index contributed by atoms with van der Waals surface area (Å²) in [5, 5.41) is 9.30. The highest BCUT2D eigenvalue weighted by Crippen LogP contribution is 2.33. The van der Waals surface area contributed by atoms with Gasteiger partial charge in [-0.15, -0.1) is 0 Å². The van der Waals surface area contributed by atoms with E-state index in [2.05, 4.69) is 11.1 Å². The summed E-state index contributed by atoms with van der Waals surface area (Å²) >= 11 is 0. The first-order chi connectivity index (χ1) is 9.29. The van der Waals surface area contributed by atoms with Gasteiger partial charge in [-0.25, -0.2) is 4.39 Å². The summed E-state index contributed by atoms with van der Waals surface area (Å²) < 4.78 is 18.5. The number of hydrogen-bond donors (Lipinski definition) is 0. The first kappa shape index (κ1) is 12.1. The van der Waals surface area contributed by atoms with Gasteiger partial charge in [-0.3, -0.25) is 4.99 Å². The van der Waals surface area contributed by atoms with E-state index < -0.39 is 0 Å². The summed E-state index contributed by atoms with van der Waals surface area (Å²) in [6.45, 7) is 1.65. The molecule has 0 saturated carbocycles. The fraction of sp³-hybridized carbons (Fsp3) is 0.333. The molecule has 1 fully saturated rings. The van der Waals surface area contributed by atoms with Crippen LogP contribution < -0.4 is 0 Å². The zero-order valence-corrected chi connectivity index (χ0v) is 10.4. The number of aliphatic imine (C=N–C) groups is 1. The zero-order chi connectivity index (χ0) is 13.2. The van der Waals surface area contributed by atoms with E-state index in [1.54, 1.807) is 12.1 Å². The van der Waals surface area contributed by atoms with Crippen molar-refractivity contribution in [2.45, 2.75) is 6.42 Å². The van der Waals surface area contributed by atoms with Crippen molar-refractivity contribution in [1.29, 1.82) is 5.26 Å². The second-order valence-electron chi connectivity index (χ2n) is 4.67. The largest absolute Gasteiger partial charge is 0.376 e. The Bertz CT molecular complexity index is 596. The van der Waals surface area contributed by atoms with Crippen LogP contribution in [0.1, 0.15) is 12.0 Å². The van der Waals surface area contributed by atoms with Crippen molar-refractivity contribution >= 4 is 11.3 Å². The minimum Gasteiger partial charge on any atom is -0.376 e. The molecule has 0 bridgehead atoms. The van der Waals surface area contributed by atoms with Gasteiger partial charge in [0.1, 0.15) is 5.82 Å². The van der Waals surface area contributed by atoms with Gasteiger partial charge in [0.25, 0.3) is 0 Å². The smallest absolute Gasteiger partial charge is 0.123 e. The van der Waals surface area contributed by atoms with Crippen LogP contribution in [0.15, 0.2) is 34.8 Å². The van der Waals surface area contributed by atoms with E-state index in [9.17, 15) is 9.65 Å². The van der Waals surface area contributed by atoms with Crippen molar-refractivity contribution in [1.82, 2.24) is 0 Å². The number of halogens is 1. The molecule has 2 heterocycles. The van der Waals surface area contributed by atoms with Crippen LogP contribution in [0.3, 0.4) is 0 Å². The third kappa shape index (κ3) is 2.18. The van der Waals surface area contributed by atoms with Gasteiger partial charge in [-0.05, 0) is 23.3 Å². The Morgan fingerprint density at radius 3 is 2.84 bits per heavy atom. The highest BCUT2D eigenvalue weighted by Gasteiger charge is 2.28. The zero-order valence-electron chi connectivity index (χ0n) is 10.4. The Morgan fingerprint density at radius 1 is 1.32 bits per heavy atom. The maximum atomic E-state index is 13.0. The number of fused-ring (bicyclic) bond motifs is 1. The van der Waals surface area contributed by atoms with Crippen molar-refractivity contribution in [3.63, 3.8) is 0 Å². The summed E-state index contributed by atoms with van der Waals surface area (Å²) in [5.41, 5.74) is 3.89. The number of ether oxygens (including phenoxy) is 1. The second-order valence-corrected chi connectivity index (χ2v) is 4.67. The van der Waals surface area contributed by atoms with Gasteiger partial charge in [0, 0.05) is 17.7 Å². The number of dihydropyridines is 1. The molecule has 1 aromatic rings. The lowest BCUT2D eigenvalue weighted by Gasteiger charge is -2.28. The van der Waals surface area contributed by atoms with Crippen LogP contribution in [0, 0.1) is 23.1 Å². The van der Waals surface area contributed by atoms with Crippen LogP contribution in [-0.4, -0.2) is 25.5 Å². The third-order valence-corrected chi connectivity index (χ3v) is 3.53. The molecule has 1 atom stereocenters. The van der Waals surface area contributed by atoms with Crippen molar-refractivity contribution in [3.05, 3.63) is 41.2 Å². The predicted molar refractivity (Wildman–Crippen MR) is 70.2 cm³/mol. The molecule has 0 aliphatic carbocycles. The summed E-state index contributed by atoms with van der Waals surface area (Å²) in [6.07, 6.45) is 0.790. The molecular weight excluding hydrogens is 243 g/mol. The van der Waals surface area contributed by atoms with Gasteiger partial charge in [0.2, 0.25) is 0 Å². The molecule has 0 aromatic heterocycles. The Balaban J connectivity index is 2.11. The van der Waals surface area contributed by atoms with Gasteiger partial charge in [0.05, 0.1) is 31.7 Å². The lowest BCUT2D eigenvalue weighted by Crippen LogP contribution is -2.27. The minimum absolute atomic E-state index is 0.271. The second kappa shape index (κ2) is 4.94. The number of benzene rings is 1. The van der Waals surface area contributed by atoms with E-state index in [1.165, 1.54) is 12.1 Å². The molecule has 3 rings (SSSR count). The first-order valence-electron chi connectivity index (χ1n) is 6.29. The van der Waals surface area contributed by atoms with E-state index in [1.807, 2.05) is 0 Å². The number of nitrogens with zero attached hydrogens (tertiary/aromatic N) is 2. The quantitative estimate of drug-likeness (QED) is 0.775. The Labute approximate surface area is 111 Å². The summed E-state index contributed by atoms with van der Waals surface area (Å²) in [6, 6.07) is 8.58. The fourth-order valence-corrected chi connectivity index (χ4v) is 2.60. The molecule has 19 heavy (non-hydrogen) atoms. The maximum Gasteiger partial charge on any atom is 0.123 e. The normalized spacial score (nSPS) is 22.5. The molecule has 3 nitrogen and oxygen atoms in total. The molecule has 2 aliphatic rings. The molecule has 2 aliphatic heterocycles. The van der Waals surface area contributed by atoms with Gasteiger partial charge in [0.15, 0.2) is 0 Å². The summed E-state index contributed by atoms with van der Waals surface area (Å²) in [4.78, 5) is 4.48. The molecule has 0 N–H and O–H groups in total. The van der Waals surface area contributed by atoms with Crippen LogP contribution in [0.4, 0.5) is 4.39 Å². The van der Waals surface area contributed by atoms with E-state index in [0.29, 0.717) is 19.8 Å². The van der Waals surface area contributed by atoms with E-state index in [-0.39, 0.29) is 11.7 Å². The van der Waals surface area contributed by atoms with Gasteiger partial charge in [-0.2, -0.15) is 5.26 Å². The number of nitriles is 1. The maximum absolute atomic E-state index is 13.0. The highest BCUT2D eigenvalue weighted by atomic mass is 19.1. The van der Waals surface area contributed by atoms with Crippen LogP contribution in [-0.2, 0) is 4.74 Å². The van der Waals surface area contributed by atoms with Crippen molar-refractivity contribution in [2.75, 3.05) is 19.8 Å². The van der Waals surface area contributed by atoms with Crippen LogP contribution >= 0.6 is 0 Å². The summed E-state index contributed by atoms with van der Waals surface area (Å²) in [5.74, 6) is -0.543. The molecule has 0 spiro atoms. The van der Waals surface area contributed by atoms with Crippen molar-refractivity contribution in [2.24, 2.45) is 10.9 Å². The standard InChI is InChI=1S/C15H13FN2O/c16-12-3-1-10(2-4-12)15-11(7-17)8-18-14-5-6-19-9-13(14)15/h1-4,11H,5-6,8-9H2. The highest BCUT2D eigenvalue weighted by molar-refractivity contribution is 6.08. The molecule has 1 aromatic carbocycles. The molecule has 0 radical (unpaired) electrons. The lowest BCUT2D eigenvalue weighted by molar-refractivity contribution is 0.157. The third-order valence-electron chi connectivity index (χ3n) is 3.53. The predicted octanol–water partition coefficient (Wildman–Crippen LogP) is 2.59. The average Bonchev–Trinajstić information content (AvgIpc) is 2.47. The lowest BCUT2D eigenvalue weighted by atomic mass is 9.84. The number of rotatable bonds is 1. The van der Waals surface area contributed by atoms with Crippen LogP contribution in [0.25, 0.3) is 5.57 Å². The Morgan fingerprint density at radius 2 is 2.11 bits per heavy atom. The molecule has 96 valence electrons. The molecular formula is C15H13FN2O. The minimum atomic E-state index is -0.272. The Kier molecular flexibility index (Phi) is 3.14. The molecule has 4 heteroatoms. The molecule has 1 unspecified atom stereocenters. The first-order valence-corrected chi connectivity index (χ1v) is 6.29. The summed E-state index contributed by atoms with van der Waals surface area (Å²) in [7, 11) is 0. The monoisotopic (exact) mass is 256 g/mol.